The van der Waals surface area contributed by atoms with Crippen LogP contribution in [0.5, 0.6) is 0 Å². The largest absolute Gasteiger partial charge is 0.365 e. The molecule has 0 radical (unpaired) electrons. The van der Waals surface area contributed by atoms with Gasteiger partial charge in [0, 0.05) is 34.2 Å². The van der Waals surface area contributed by atoms with Gasteiger partial charge in [-0.05, 0) is 67.9 Å². The Kier molecular flexibility index (Phi) is 6.49. The molecule has 9 heteroatoms. The molecule has 3 amide bonds. The van der Waals surface area contributed by atoms with Crippen LogP contribution in [-0.2, 0) is 6.42 Å². The first-order chi connectivity index (χ1) is 14.5. The minimum absolute atomic E-state index is 0. The second kappa shape index (κ2) is 8.98. The number of carbonyl (C=O) groups excluding carboxylic acids is 2. The molecule has 2 aromatic rings. The van der Waals surface area contributed by atoms with Gasteiger partial charge in [-0.2, -0.15) is 0 Å². The predicted octanol–water partition coefficient (Wildman–Crippen LogP) is 5.43. The summed E-state index contributed by atoms with van der Waals surface area (Å²) in [5, 5.41) is 6.80. The summed E-state index contributed by atoms with van der Waals surface area (Å²) in [5.41, 5.74) is 7.92. The lowest BCUT2D eigenvalue weighted by Crippen LogP contribution is -2.41. The molecule has 1 aliphatic carbocycles. The van der Waals surface area contributed by atoms with Gasteiger partial charge in [0.25, 0.3) is 5.91 Å². The summed E-state index contributed by atoms with van der Waals surface area (Å²) in [4.78, 5) is 28.7. The van der Waals surface area contributed by atoms with Crippen LogP contribution in [0.3, 0.4) is 0 Å². The first-order valence-electron chi connectivity index (χ1n) is 10.5. The number of anilines is 2. The molecule has 4 N–H and O–H groups in total. The van der Waals surface area contributed by atoms with E-state index >= 15 is 0 Å². The van der Waals surface area contributed by atoms with E-state index in [1.54, 1.807) is 24.3 Å². The van der Waals surface area contributed by atoms with Crippen molar-refractivity contribution in [3.8, 4) is 0 Å². The fraction of sp³-hybridized carbons (Fsp3) is 0.455. The summed E-state index contributed by atoms with van der Waals surface area (Å²) in [7, 11) is 0. The van der Waals surface area contributed by atoms with Crippen molar-refractivity contribution in [3.63, 3.8) is 0 Å². The van der Waals surface area contributed by atoms with Crippen molar-refractivity contribution >= 4 is 58.0 Å². The molecular weight excluding hydrogens is 455 g/mol. The third-order valence-corrected chi connectivity index (χ3v) is 8.19. The van der Waals surface area contributed by atoms with Crippen LogP contribution in [0, 0.1) is 5.92 Å². The molecule has 166 valence electrons. The van der Waals surface area contributed by atoms with E-state index < -0.39 is 11.9 Å². The molecule has 0 spiro atoms. The maximum Gasteiger partial charge on any atom is 0.324 e. The van der Waals surface area contributed by atoms with Crippen molar-refractivity contribution in [1.29, 1.82) is 0 Å². The number of urea groups is 1. The molecule has 3 heterocycles. The number of benzene rings is 1. The van der Waals surface area contributed by atoms with Gasteiger partial charge in [0.05, 0.1) is 5.56 Å². The Balaban J connectivity index is 0.00000231. The number of thiophene rings is 1. The third kappa shape index (κ3) is 4.29. The fourth-order valence-corrected chi connectivity index (χ4v) is 6.54. The smallest absolute Gasteiger partial charge is 0.324 e. The van der Waals surface area contributed by atoms with Crippen LogP contribution in [0.1, 0.15) is 58.9 Å². The van der Waals surface area contributed by atoms with Crippen LogP contribution < -0.4 is 16.4 Å². The zero-order valence-corrected chi connectivity index (χ0v) is 19.4. The summed E-state index contributed by atoms with van der Waals surface area (Å²) in [6.45, 7) is 1.15. The van der Waals surface area contributed by atoms with Gasteiger partial charge in [0.2, 0.25) is 0 Å². The topological polar surface area (TPSA) is 87.5 Å². The standard InChI is InChI=1S/C22H25ClN4O2S.ClH/c23-13-4-6-14(7-5-13)25-22(29)26-21-18(20(24)28)16-10-15-8-9-17(19(16)30-21)27(15)11-12-2-1-3-12;/h4-7,12,15,17H,1-3,8-11H2,(H2,24,28)(H2,25,26,29);1H. The Morgan fingerprint density at radius 3 is 2.52 bits per heavy atom. The molecule has 1 aromatic carbocycles. The number of amides is 3. The van der Waals surface area contributed by atoms with Gasteiger partial charge in [0.15, 0.2) is 0 Å². The second-order valence-electron chi connectivity index (χ2n) is 8.54. The maximum atomic E-state index is 12.6. The molecule has 2 fully saturated rings. The summed E-state index contributed by atoms with van der Waals surface area (Å²) in [5.74, 6) is 0.342. The van der Waals surface area contributed by atoms with Crippen molar-refractivity contribution in [3.05, 3.63) is 45.3 Å². The van der Waals surface area contributed by atoms with E-state index in [1.807, 2.05) is 0 Å². The maximum absolute atomic E-state index is 12.6. The van der Waals surface area contributed by atoms with Crippen LogP contribution >= 0.6 is 35.3 Å². The highest BCUT2D eigenvalue weighted by Crippen LogP contribution is 2.51. The number of halogens is 2. The zero-order chi connectivity index (χ0) is 20.8. The average Bonchev–Trinajstić information content (AvgIpc) is 3.17. The Morgan fingerprint density at radius 2 is 1.87 bits per heavy atom. The minimum Gasteiger partial charge on any atom is -0.365 e. The van der Waals surface area contributed by atoms with Crippen molar-refractivity contribution in [2.45, 2.75) is 50.6 Å². The van der Waals surface area contributed by atoms with E-state index in [1.165, 1.54) is 35.5 Å². The van der Waals surface area contributed by atoms with Gasteiger partial charge in [0.1, 0.15) is 5.00 Å². The van der Waals surface area contributed by atoms with Crippen LogP contribution in [0.25, 0.3) is 0 Å². The molecule has 1 aromatic heterocycles. The molecule has 2 aliphatic heterocycles. The third-order valence-electron chi connectivity index (χ3n) is 6.69. The van der Waals surface area contributed by atoms with E-state index in [4.69, 9.17) is 17.3 Å². The highest BCUT2D eigenvalue weighted by atomic mass is 35.5. The molecule has 2 unspecified atom stereocenters. The fourth-order valence-electron chi connectivity index (χ4n) is 5.02. The molecule has 6 nitrogen and oxygen atoms in total. The number of primary amides is 1. The average molecular weight is 481 g/mol. The molecular formula is C22H26Cl2N4O2S. The number of nitrogens with zero attached hydrogens (tertiary/aromatic N) is 1. The van der Waals surface area contributed by atoms with Crippen LogP contribution in [0.2, 0.25) is 5.02 Å². The Bertz CT molecular complexity index is 990. The van der Waals surface area contributed by atoms with E-state index in [2.05, 4.69) is 15.5 Å². The quantitative estimate of drug-likeness (QED) is 0.532. The van der Waals surface area contributed by atoms with E-state index in [0.717, 1.165) is 37.3 Å². The van der Waals surface area contributed by atoms with Crippen LogP contribution in [0.4, 0.5) is 15.5 Å². The summed E-state index contributed by atoms with van der Waals surface area (Å²) in [6.07, 6.45) is 7.12. The second-order valence-corrected chi connectivity index (χ2v) is 10.0. The lowest BCUT2D eigenvalue weighted by Gasteiger charge is -2.39. The highest BCUT2D eigenvalue weighted by Gasteiger charge is 2.44. The highest BCUT2D eigenvalue weighted by molar-refractivity contribution is 7.17. The monoisotopic (exact) mass is 480 g/mol. The molecule has 2 atom stereocenters. The lowest BCUT2D eigenvalue weighted by molar-refractivity contribution is 0.0995. The van der Waals surface area contributed by atoms with Crippen molar-refractivity contribution < 1.29 is 9.59 Å². The summed E-state index contributed by atoms with van der Waals surface area (Å²) < 4.78 is 0. The number of nitrogens with one attached hydrogen (secondary N) is 2. The molecule has 31 heavy (non-hydrogen) atoms. The van der Waals surface area contributed by atoms with Gasteiger partial charge in [-0.1, -0.05) is 18.0 Å². The van der Waals surface area contributed by atoms with E-state index in [9.17, 15) is 9.59 Å². The number of fused-ring (bicyclic) bond motifs is 4. The van der Waals surface area contributed by atoms with Crippen LogP contribution in [0.15, 0.2) is 24.3 Å². The lowest BCUT2D eigenvalue weighted by atomic mass is 9.84. The van der Waals surface area contributed by atoms with Gasteiger partial charge >= 0.3 is 6.03 Å². The number of nitrogens with two attached hydrogens (primary N) is 1. The summed E-state index contributed by atoms with van der Waals surface area (Å²) in [6, 6.07) is 7.31. The Morgan fingerprint density at radius 1 is 1.13 bits per heavy atom. The van der Waals surface area contributed by atoms with Crippen molar-refractivity contribution in [2.24, 2.45) is 11.7 Å². The normalized spacial score (nSPS) is 22.2. The van der Waals surface area contributed by atoms with Crippen LogP contribution in [-0.4, -0.2) is 29.4 Å². The molecule has 2 bridgehead atoms. The first kappa shape index (κ1) is 22.4. The van der Waals surface area contributed by atoms with E-state index in [-0.39, 0.29) is 12.4 Å². The molecule has 1 saturated carbocycles. The SMILES string of the molecule is Cl.NC(=O)c1c(NC(=O)Nc2ccc(Cl)cc2)sc2c1CC1CCC2N1CC1CCC1. The molecule has 1 saturated heterocycles. The molecule has 5 rings (SSSR count). The predicted molar refractivity (Wildman–Crippen MR) is 128 cm³/mol. The Hall–Kier alpha value is -1.80. The Labute approximate surface area is 196 Å². The molecule has 3 aliphatic rings. The summed E-state index contributed by atoms with van der Waals surface area (Å²) >= 11 is 7.41. The zero-order valence-electron chi connectivity index (χ0n) is 17.0. The number of rotatable bonds is 5. The van der Waals surface area contributed by atoms with Crippen molar-refractivity contribution in [2.75, 3.05) is 17.2 Å². The number of hydrogen-bond donors (Lipinski definition) is 3. The first-order valence-corrected chi connectivity index (χ1v) is 11.7. The van der Waals surface area contributed by atoms with Gasteiger partial charge in [-0.3, -0.25) is 15.0 Å². The van der Waals surface area contributed by atoms with Gasteiger partial charge in [-0.15, -0.1) is 23.7 Å². The number of carbonyl (C=O) groups is 2. The van der Waals surface area contributed by atoms with Crippen molar-refractivity contribution in [1.82, 2.24) is 4.90 Å². The number of hydrogen-bond acceptors (Lipinski definition) is 4. The van der Waals surface area contributed by atoms with Gasteiger partial charge in [-0.25, -0.2) is 4.79 Å². The minimum atomic E-state index is -0.471. The van der Waals surface area contributed by atoms with E-state index in [0.29, 0.717) is 33.4 Å². The van der Waals surface area contributed by atoms with Gasteiger partial charge < -0.3 is 11.1 Å².